The Bertz CT molecular complexity index is 1500. The van der Waals surface area contributed by atoms with Gasteiger partial charge in [-0.1, -0.05) is 29.8 Å². The summed E-state index contributed by atoms with van der Waals surface area (Å²) in [6.45, 7) is 1.74. The molecule has 0 saturated carbocycles. The van der Waals surface area contributed by atoms with Crippen LogP contribution in [-0.2, 0) is 22.6 Å². The second-order valence-corrected chi connectivity index (χ2v) is 9.67. The number of aryl methyl sites for hydroxylation is 1. The summed E-state index contributed by atoms with van der Waals surface area (Å²) in [6, 6.07) is 13.0. The summed E-state index contributed by atoms with van der Waals surface area (Å²) in [7, 11) is -4.41. The molecule has 1 heterocycles. The maximum Gasteiger partial charge on any atom is 0.416 e. The quantitative estimate of drug-likeness (QED) is 0.386. The molecule has 0 fully saturated rings. The zero-order chi connectivity index (χ0) is 24.7. The molecule has 1 amide bonds. The highest BCUT2D eigenvalue weighted by molar-refractivity contribution is 7.90. The van der Waals surface area contributed by atoms with Gasteiger partial charge in [0.25, 0.3) is 15.9 Å². The van der Waals surface area contributed by atoms with E-state index in [0.29, 0.717) is 46.0 Å². The van der Waals surface area contributed by atoms with E-state index in [-0.39, 0.29) is 5.56 Å². The van der Waals surface area contributed by atoms with E-state index in [9.17, 15) is 26.4 Å². The summed E-state index contributed by atoms with van der Waals surface area (Å²) >= 11 is 6.27. The second kappa shape index (κ2) is 8.77. The lowest BCUT2D eigenvalue weighted by molar-refractivity contribution is -0.137. The fraction of sp³-hybridized carbons (Fsp3) is 0.130. The fourth-order valence-electron chi connectivity index (χ4n) is 3.49. The summed E-state index contributed by atoms with van der Waals surface area (Å²) in [5.41, 5.74) is 1.61. The standard InChI is InChI=1S/C23H17ClF3N3O3S/c1-13-28-20-12-16(11-15(21(20)29-13)10-14-4-2-3-5-19(14)24)22(31)30-34(32,33)18-8-6-17(7-9-18)23(25,26)27/h2-9,11-12H,10H2,1H3,(H,28,29)(H,30,31). The van der Waals surface area contributed by atoms with E-state index in [1.54, 1.807) is 19.1 Å². The molecule has 0 spiro atoms. The minimum absolute atomic E-state index is 0.0358. The molecule has 11 heteroatoms. The van der Waals surface area contributed by atoms with Crippen LogP contribution in [-0.4, -0.2) is 24.3 Å². The predicted octanol–water partition coefficient (Wildman–Crippen LogP) is 5.25. The van der Waals surface area contributed by atoms with Gasteiger partial charge in [-0.3, -0.25) is 4.79 Å². The molecular weight excluding hydrogens is 491 g/mol. The van der Waals surface area contributed by atoms with Gasteiger partial charge in [-0.25, -0.2) is 18.1 Å². The number of nitrogens with zero attached hydrogens (tertiary/aromatic N) is 1. The average molecular weight is 508 g/mol. The van der Waals surface area contributed by atoms with E-state index in [1.165, 1.54) is 12.1 Å². The first kappa shape index (κ1) is 23.8. The van der Waals surface area contributed by atoms with Gasteiger partial charge in [0.15, 0.2) is 0 Å². The Hall–Kier alpha value is -3.37. The van der Waals surface area contributed by atoms with Crippen LogP contribution in [0.15, 0.2) is 65.6 Å². The van der Waals surface area contributed by atoms with Crippen LogP contribution in [0, 0.1) is 6.92 Å². The third-order valence-corrected chi connectivity index (χ3v) is 6.82. The third-order valence-electron chi connectivity index (χ3n) is 5.10. The minimum Gasteiger partial charge on any atom is -0.342 e. The Morgan fingerprint density at radius 3 is 2.38 bits per heavy atom. The first-order valence-electron chi connectivity index (χ1n) is 9.91. The smallest absolute Gasteiger partial charge is 0.342 e. The molecule has 0 aliphatic carbocycles. The van der Waals surface area contributed by atoms with Crippen LogP contribution in [0.4, 0.5) is 13.2 Å². The van der Waals surface area contributed by atoms with Crippen LogP contribution >= 0.6 is 11.6 Å². The van der Waals surface area contributed by atoms with Crippen molar-refractivity contribution in [3.05, 3.63) is 93.8 Å². The minimum atomic E-state index is -4.61. The number of amides is 1. The highest BCUT2D eigenvalue weighted by Gasteiger charge is 2.31. The first-order valence-corrected chi connectivity index (χ1v) is 11.8. The number of H-pyrrole nitrogens is 1. The molecule has 0 aliphatic heterocycles. The molecule has 1 aromatic heterocycles. The number of benzene rings is 3. The first-order chi connectivity index (χ1) is 15.9. The molecule has 3 aromatic carbocycles. The number of fused-ring (bicyclic) bond motifs is 1. The van der Waals surface area contributed by atoms with Gasteiger partial charge in [0.05, 0.1) is 21.5 Å². The van der Waals surface area contributed by atoms with Crippen LogP contribution in [0.3, 0.4) is 0 Å². The number of hydrogen-bond acceptors (Lipinski definition) is 4. The summed E-state index contributed by atoms with van der Waals surface area (Å²) in [5.74, 6) is -0.334. The van der Waals surface area contributed by atoms with Crippen LogP contribution in [0.5, 0.6) is 0 Å². The van der Waals surface area contributed by atoms with Gasteiger partial charge in [0.1, 0.15) is 5.82 Å². The number of sulfonamides is 1. The molecule has 176 valence electrons. The number of imidazole rings is 1. The molecule has 6 nitrogen and oxygen atoms in total. The molecule has 0 aliphatic rings. The topological polar surface area (TPSA) is 91.9 Å². The maximum absolute atomic E-state index is 12.9. The van der Waals surface area contributed by atoms with E-state index >= 15 is 0 Å². The van der Waals surface area contributed by atoms with Gasteiger partial charge in [0, 0.05) is 17.0 Å². The summed E-state index contributed by atoms with van der Waals surface area (Å²) < 4.78 is 65.4. The van der Waals surface area contributed by atoms with Gasteiger partial charge in [0.2, 0.25) is 0 Å². The number of aromatic nitrogens is 2. The Morgan fingerprint density at radius 1 is 1.06 bits per heavy atom. The predicted molar refractivity (Wildman–Crippen MR) is 121 cm³/mol. The van der Waals surface area contributed by atoms with E-state index in [2.05, 4.69) is 9.97 Å². The summed E-state index contributed by atoms with van der Waals surface area (Å²) in [5, 5.41) is 0.530. The van der Waals surface area contributed by atoms with E-state index in [4.69, 9.17) is 11.6 Å². The van der Waals surface area contributed by atoms with Crippen LogP contribution in [0.1, 0.15) is 32.9 Å². The number of rotatable bonds is 5. The fourth-order valence-corrected chi connectivity index (χ4v) is 4.66. The van der Waals surface area contributed by atoms with E-state index in [0.717, 1.165) is 17.7 Å². The van der Waals surface area contributed by atoms with Gasteiger partial charge in [-0.15, -0.1) is 0 Å². The monoisotopic (exact) mass is 507 g/mol. The second-order valence-electron chi connectivity index (χ2n) is 7.58. The number of aromatic amines is 1. The van der Waals surface area contributed by atoms with Gasteiger partial charge in [-0.2, -0.15) is 13.2 Å². The summed E-state index contributed by atoms with van der Waals surface area (Å²) in [6.07, 6.45) is -4.27. The SMILES string of the molecule is Cc1nc2c(Cc3ccccc3Cl)cc(C(=O)NS(=O)(=O)c3ccc(C(F)(F)F)cc3)cc2[nH]1. The lowest BCUT2D eigenvalue weighted by Gasteiger charge is -2.11. The van der Waals surface area contributed by atoms with Crippen molar-refractivity contribution in [3.8, 4) is 0 Å². The average Bonchev–Trinajstić information content (AvgIpc) is 3.15. The lowest BCUT2D eigenvalue weighted by Crippen LogP contribution is -2.30. The number of carbonyl (C=O) groups is 1. The van der Waals surface area contributed by atoms with E-state index < -0.39 is 32.6 Å². The molecule has 2 N–H and O–H groups in total. The molecule has 0 saturated heterocycles. The van der Waals surface area contributed by atoms with Gasteiger partial charge in [-0.05, 0) is 60.5 Å². The van der Waals surface area contributed by atoms with Crippen LogP contribution < -0.4 is 4.72 Å². The molecule has 0 bridgehead atoms. The largest absolute Gasteiger partial charge is 0.416 e. The number of alkyl halides is 3. The Kier molecular flexibility index (Phi) is 6.13. The zero-order valence-corrected chi connectivity index (χ0v) is 19.1. The molecule has 0 unspecified atom stereocenters. The van der Waals surface area contributed by atoms with Crippen molar-refractivity contribution >= 4 is 38.6 Å². The summed E-state index contributed by atoms with van der Waals surface area (Å²) in [4.78, 5) is 19.9. The van der Waals surface area contributed by atoms with E-state index in [1.807, 2.05) is 16.9 Å². The Labute approximate surface area is 197 Å². The van der Waals surface area contributed by atoms with Crippen molar-refractivity contribution in [1.29, 1.82) is 0 Å². The maximum atomic E-state index is 12.9. The third kappa shape index (κ3) is 4.92. The Morgan fingerprint density at radius 2 is 1.74 bits per heavy atom. The lowest BCUT2D eigenvalue weighted by atomic mass is 10.0. The molecule has 0 radical (unpaired) electrons. The molecule has 4 aromatic rings. The molecular formula is C23H17ClF3N3O3S. The van der Waals surface area contributed by atoms with Crippen molar-refractivity contribution in [2.45, 2.75) is 24.4 Å². The highest BCUT2D eigenvalue weighted by atomic mass is 35.5. The van der Waals surface area contributed by atoms with Gasteiger partial charge < -0.3 is 4.98 Å². The number of halogens is 4. The van der Waals surface area contributed by atoms with Crippen molar-refractivity contribution in [3.63, 3.8) is 0 Å². The van der Waals surface area contributed by atoms with Crippen molar-refractivity contribution in [2.75, 3.05) is 0 Å². The number of carbonyl (C=O) groups excluding carboxylic acids is 1. The van der Waals surface area contributed by atoms with Crippen LogP contribution in [0.2, 0.25) is 5.02 Å². The highest BCUT2D eigenvalue weighted by Crippen LogP contribution is 2.30. The van der Waals surface area contributed by atoms with Crippen molar-refractivity contribution in [2.24, 2.45) is 0 Å². The normalized spacial score (nSPS) is 12.1. The molecule has 0 atom stereocenters. The van der Waals surface area contributed by atoms with Gasteiger partial charge >= 0.3 is 6.18 Å². The zero-order valence-electron chi connectivity index (χ0n) is 17.6. The van der Waals surface area contributed by atoms with Crippen LogP contribution in [0.25, 0.3) is 11.0 Å². The Balaban J connectivity index is 1.66. The molecule has 4 rings (SSSR count). The number of nitrogens with one attached hydrogen (secondary N) is 2. The molecule has 34 heavy (non-hydrogen) atoms. The van der Waals surface area contributed by atoms with Crippen molar-refractivity contribution in [1.82, 2.24) is 14.7 Å². The number of hydrogen-bond donors (Lipinski definition) is 2. The van der Waals surface area contributed by atoms with Crippen molar-refractivity contribution < 1.29 is 26.4 Å².